The Morgan fingerprint density at radius 3 is 2.31 bits per heavy atom. The third kappa shape index (κ3) is 7.42. The Hall–Kier alpha value is -2.53. The monoisotopic (exact) mass is 416 g/mol. The standard InChI is InChI=1S/C23H29ClN2O3/c1-17(22(28)25-23(2,3)4)26(15-14-18-10-6-5-7-11-18)21(27)16-29-20-13-9-8-12-19(20)24/h5-13,17H,14-16H2,1-4H3,(H,25,28)/t17-/m1/s1. The summed E-state index contributed by atoms with van der Waals surface area (Å²) in [5.41, 5.74) is 0.717. The van der Waals surface area contributed by atoms with Crippen molar-refractivity contribution in [2.45, 2.75) is 45.7 Å². The highest BCUT2D eigenvalue weighted by atomic mass is 35.5. The van der Waals surface area contributed by atoms with Crippen molar-refractivity contribution >= 4 is 23.4 Å². The molecule has 0 unspecified atom stereocenters. The average molecular weight is 417 g/mol. The molecule has 0 aliphatic carbocycles. The van der Waals surface area contributed by atoms with E-state index >= 15 is 0 Å². The highest BCUT2D eigenvalue weighted by Crippen LogP contribution is 2.23. The molecule has 2 amide bonds. The van der Waals surface area contributed by atoms with Gasteiger partial charge in [-0.15, -0.1) is 0 Å². The molecule has 5 nitrogen and oxygen atoms in total. The number of rotatable bonds is 8. The maximum Gasteiger partial charge on any atom is 0.261 e. The van der Waals surface area contributed by atoms with Gasteiger partial charge >= 0.3 is 0 Å². The van der Waals surface area contributed by atoms with E-state index in [-0.39, 0.29) is 24.0 Å². The van der Waals surface area contributed by atoms with Crippen molar-refractivity contribution in [2.75, 3.05) is 13.2 Å². The lowest BCUT2D eigenvalue weighted by molar-refractivity contribution is -0.142. The van der Waals surface area contributed by atoms with Crippen molar-refractivity contribution < 1.29 is 14.3 Å². The van der Waals surface area contributed by atoms with E-state index in [1.807, 2.05) is 51.1 Å². The van der Waals surface area contributed by atoms with Gasteiger partial charge in [0.15, 0.2) is 6.61 Å². The third-order valence-corrected chi connectivity index (χ3v) is 4.65. The minimum absolute atomic E-state index is 0.189. The number of para-hydroxylation sites is 1. The van der Waals surface area contributed by atoms with Gasteiger partial charge in [-0.3, -0.25) is 9.59 Å². The first-order valence-corrected chi connectivity index (χ1v) is 10.1. The fourth-order valence-electron chi connectivity index (χ4n) is 2.83. The number of nitrogens with zero attached hydrogens (tertiary/aromatic N) is 1. The summed E-state index contributed by atoms with van der Waals surface area (Å²) in [5.74, 6) is -0.0219. The highest BCUT2D eigenvalue weighted by molar-refractivity contribution is 6.32. The molecular weight excluding hydrogens is 388 g/mol. The first-order chi connectivity index (χ1) is 13.7. The Bertz CT molecular complexity index is 818. The summed E-state index contributed by atoms with van der Waals surface area (Å²) in [5, 5.41) is 3.38. The summed E-state index contributed by atoms with van der Waals surface area (Å²) in [6, 6.07) is 16.2. The summed E-state index contributed by atoms with van der Waals surface area (Å²) in [7, 11) is 0. The molecule has 1 atom stereocenters. The van der Waals surface area contributed by atoms with Crippen LogP contribution in [0.3, 0.4) is 0 Å². The molecule has 0 saturated heterocycles. The second kappa shape index (κ2) is 10.3. The molecule has 156 valence electrons. The van der Waals surface area contributed by atoms with Gasteiger partial charge in [0.25, 0.3) is 5.91 Å². The van der Waals surface area contributed by atoms with E-state index in [0.717, 1.165) is 5.56 Å². The fourth-order valence-corrected chi connectivity index (χ4v) is 3.02. The van der Waals surface area contributed by atoms with Crippen molar-refractivity contribution in [3.8, 4) is 5.75 Å². The summed E-state index contributed by atoms with van der Waals surface area (Å²) in [6.45, 7) is 7.69. The van der Waals surface area contributed by atoms with Crippen LogP contribution in [0.4, 0.5) is 0 Å². The van der Waals surface area contributed by atoms with Gasteiger partial charge < -0.3 is 15.0 Å². The van der Waals surface area contributed by atoms with Crippen molar-refractivity contribution in [1.29, 1.82) is 0 Å². The van der Waals surface area contributed by atoms with Crippen molar-refractivity contribution in [1.82, 2.24) is 10.2 Å². The number of carbonyl (C=O) groups is 2. The van der Waals surface area contributed by atoms with Crippen molar-refractivity contribution in [3.05, 3.63) is 65.2 Å². The van der Waals surface area contributed by atoms with Crippen LogP contribution in [0.5, 0.6) is 5.75 Å². The lowest BCUT2D eigenvalue weighted by atomic mass is 10.1. The van der Waals surface area contributed by atoms with Crippen molar-refractivity contribution in [2.24, 2.45) is 0 Å². The molecule has 29 heavy (non-hydrogen) atoms. The first kappa shape index (κ1) is 22.8. The van der Waals surface area contributed by atoms with Gasteiger partial charge in [-0.25, -0.2) is 0 Å². The van der Waals surface area contributed by atoms with E-state index in [1.54, 1.807) is 36.1 Å². The van der Waals surface area contributed by atoms with Gasteiger partial charge in [-0.2, -0.15) is 0 Å². The molecule has 0 aliphatic rings. The number of hydrogen-bond acceptors (Lipinski definition) is 3. The number of nitrogens with one attached hydrogen (secondary N) is 1. The van der Waals surface area contributed by atoms with E-state index < -0.39 is 6.04 Å². The molecule has 2 rings (SSSR count). The zero-order valence-electron chi connectivity index (χ0n) is 17.4. The molecule has 6 heteroatoms. The largest absolute Gasteiger partial charge is 0.482 e. The summed E-state index contributed by atoms with van der Waals surface area (Å²) in [6.07, 6.45) is 0.645. The number of benzene rings is 2. The van der Waals surface area contributed by atoms with E-state index in [2.05, 4.69) is 5.32 Å². The maximum absolute atomic E-state index is 12.9. The fraction of sp³-hybridized carbons (Fsp3) is 0.391. The molecule has 2 aromatic rings. The number of carbonyl (C=O) groups excluding carboxylic acids is 2. The lowest BCUT2D eigenvalue weighted by Crippen LogP contribution is -2.53. The summed E-state index contributed by atoms with van der Waals surface area (Å²) < 4.78 is 5.61. The van der Waals surface area contributed by atoms with E-state index in [1.165, 1.54) is 0 Å². The highest BCUT2D eigenvalue weighted by Gasteiger charge is 2.28. The van der Waals surface area contributed by atoms with Gasteiger partial charge in [0.2, 0.25) is 5.91 Å². The Morgan fingerprint density at radius 1 is 1.07 bits per heavy atom. The van der Waals surface area contributed by atoms with Gasteiger partial charge in [0.1, 0.15) is 11.8 Å². The van der Waals surface area contributed by atoms with Crippen LogP contribution < -0.4 is 10.1 Å². The predicted octanol–water partition coefficient (Wildman–Crippen LogP) is 4.09. The van der Waals surface area contributed by atoms with Crippen LogP contribution in [0.2, 0.25) is 5.02 Å². The number of ether oxygens (including phenoxy) is 1. The Balaban J connectivity index is 2.10. The maximum atomic E-state index is 12.9. The molecule has 0 radical (unpaired) electrons. The Morgan fingerprint density at radius 2 is 1.69 bits per heavy atom. The molecule has 0 heterocycles. The zero-order valence-corrected chi connectivity index (χ0v) is 18.2. The van der Waals surface area contributed by atoms with Gasteiger partial charge in [0.05, 0.1) is 5.02 Å². The normalized spacial score (nSPS) is 12.2. The second-order valence-electron chi connectivity index (χ2n) is 7.96. The SMILES string of the molecule is C[C@H](C(=O)NC(C)(C)C)N(CCc1ccccc1)C(=O)COc1ccccc1Cl. The van der Waals surface area contributed by atoms with E-state index in [4.69, 9.17) is 16.3 Å². The van der Waals surface area contributed by atoms with E-state index in [9.17, 15) is 9.59 Å². The van der Waals surface area contributed by atoms with Crippen LogP contribution in [0.25, 0.3) is 0 Å². The second-order valence-corrected chi connectivity index (χ2v) is 8.36. The minimum atomic E-state index is -0.625. The molecule has 0 spiro atoms. The topological polar surface area (TPSA) is 58.6 Å². The van der Waals surface area contributed by atoms with E-state index in [0.29, 0.717) is 23.7 Å². The number of halogens is 1. The molecule has 0 bridgehead atoms. The molecule has 0 saturated carbocycles. The summed E-state index contributed by atoms with van der Waals surface area (Å²) >= 11 is 6.10. The number of hydrogen-bond donors (Lipinski definition) is 1. The minimum Gasteiger partial charge on any atom is -0.482 e. The first-order valence-electron chi connectivity index (χ1n) is 9.70. The predicted molar refractivity (Wildman–Crippen MR) is 116 cm³/mol. The van der Waals surface area contributed by atoms with Crippen LogP contribution >= 0.6 is 11.6 Å². The molecule has 0 aromatic heterocycles. The molecule has 2 aromatic carbocycles. The smallest absolute Gasteiger partial charge is 0.261 e. The van der Waals surface area contributed by atoms with Gasteiger partial charge in [-0.05, 0) is 51.8 Å². The van der Waals surface area contributed by atoms with Crippen LogP contribution in [0.1, 0.15) is 33.3 Å². The van der Waals surface area contributed by atoms with Crippen LogP contribution in [0.15, 0.2) is 54.6 Å². The summed E-state index contributed by atoms with van der Waals surface area (Å²) in [4.78, 5) is 27.2. The Kier molecular flexibility index (Phi) is 8.09. The lowest BCUT2D eigenvalue weighted by Gasteiger charge is -2.31. The molecule has 0 aliphatic heterocycles. The number of amides is 2. The van der Waals surface area contributed by atoms with Gasteiger partial charge in [-0.1, -0.05) is 54.1 Å². The quantitative estimate of drug-likeness (QED) is 0.705. The van der Waals surface area contributed by atoms with Gasteiger partial charge in [0, 0.05) is 12.1 Å². The third-order valence-electron chi connectivity index (χ3n) is 4.34. The average Bonchev–Trinajstić information content (AvgIpc) is 2.66. The van der Waals surface area contributed by atoms with Crippen molar-refractivity contribution in [3.63, 3.8) is 0 Å². The van der Waals surface area contributed by atoms with Crippen LogP contribution in [-0.4, -0.2) is 41.4 Å². The molecular formula is C23H29ClN2O3. The van der Waals surface area contributed by atoms with Crippen LogP contribution in [0, 0.1) is 0 Å². The zero-order chi connectivity index (χ0) is 21.4. The van der Waals surface area contributed by atoms with Crippen LogP contribution in [-0.2, 0) is 16.0 Å². The molecule has 1 N–H and O–H groups in total. The molecule has 0 fully saturated rings. The Labute approximate surface area is 178 Å².